The van der Waals surface area contributed by atoms with Crippen molar-refractivity contribution in [1.82, 2.24) is 20.3 Å². The Bertz CT molecular complexity index is 1070. The number of hydrogen-bond acceptors (Lipinski definition) is 6. The molecule has 10 nitrogen and oxygen atoms in total. The minimum Gasteiger partial charge on any atom is -0.351 e. The van der Waals surface area contributed by atoms with Gasteiger partial charge in [0.2, 0.25) is 0 Å². The molecule has 0 atom stereocenters. The highest BCUT2D eigenvalue weighted by Gasteiger charge is 2.23. The van der Waals surface area contributed by atoms with Gasteiger partial charge in [0.05, 0.1) is 0 Å². The summed E-state index contributed by atoms with van der Waals surface area (Å²) in [6.45, 7) is 1.51. The fourth-order valence-electron chi connectivity index (χ4n) is 2.49. The van der Waals surface area contributed by atoms with Gasteiger partial charge in [0.15, 0.2) is 4.21 Å². The lowest BCUT2D eigenvalue weighted by atomic mass is 10.2. The number of aromatic amines is 1. The molecule has 29 heavy (non-hydrogen) atoms. The average molecular weight is 440 g/mol. The SMILES string of the molecule is Cc1[nH]c(=O)sc1S(=O)(=O)NCCNC(=O)c1cccc(NC(=O)NC2CC2)c1. The van der Waals surface area contributed by atoms with Crippen molar-refractivity contribution in [3.8, 4) is 0 Å². The van der Waals surface area contributed by atoms with Crippen molar-refractivity contribution < 1.29 is 18.0 Å². The molecule has 1 aromatic heterocycles. The van der Waals surface area contributed by atoms with Crippen molar-refractivity contribution in [2.75, 3.05) is 18.4 Å². The first-order valence-electron chi connectivity index (χ1n) is 8.90. The number of amides is 3. The maximum absolute atomic E-state index is 12.3. The number of urea groups is 1. The Hall–Kier alpha value is -2.70. The van der Waals surface area contributed by atoms with Gasteiger partial charge in [-0.15, -0.1) is 0 Å². The minimum atomic E-state index is -3.83. The Morgan fingerprint density at radius 3 is 2.66 bits per heavy atom. The second kappa shape index (κ2) is 8.76. The quantitative estimate of drug-likeness (QED) is 0.385. The Morgan fingerprint density at radius 2 is 2.00 bits per heavy atom. The number of benzene rings is 1. The van der Waals surface area contributed by atoms with Crippen molar-refractivity contribution in [3.63, 3.8) is 0 Å². The molecule has 5 N–H and O–H groups in total. The zero-order chi connectivity index (χ0) is 21.0. The van der Waals surface area contributed by atoms with Crippen LogP contribution in [-0.4, -0.2) is 44.5 Å². The van der Waals surface area contributed by atoms with Gasteiger partial charge in [-0.2, -0.15) is 0 Å². The van der Waals surface area contributed by atoms with Crippen LogP contribution in [0.1, 0.15) is 28.9 Å². The number of thiazole rings is 1. The molecule has 1 aliphatic carbocycles. The summed E-state index contributed by atoms with van der Waals surface area (Å²) < 4.78 is 26.7. The van der Waals surface area contributed by atoms with Crippen LogP contribution in [-0.2, 0) is 10.0 Å². The number of aromatic nitrogens is 1. The molecule has 1 aliphatic rings. The van der Waals surface area contributed by atoms with E-state index in [1.54, 1.807) is 18.2 Å². The molecule has 1 saturated carbocycles. The van der Waals surface area contributed by atoms with Crippen molar-refractivity contribution in [2.24, 2.45) is 0 Å². The van der Waals surface area contributed by atoms with Crippen molar-refractivity contribution >= 4 is 39.0 Å². The smallest absolute Gasteiger partial charge is 0.319 e. The molecule has 1 heterocycles. The van der Waals surface area contributed by atoms with E-state index in [9.17, 15) is 22.8 Å². The van der Waals surface area contributed by atoms with E-state index < -0.39 is 20.8 Å². The number of hydrogen-bond donors (Lipinski definition) is 5. The molecule has 0 saturated heterocycles. The van der Waals surface area contributed by atoms with Gasteiger partial charge in [-0.25, -0.2) is 17.9 Å². The van der Waals surface area contributed by atoms with E-state index in [0.717, 1.165) is 12.8 Å². The van der Waals surface area contributed by atoms with Gasteiger partial charge in [0.1, 0.15) is 0 Å². The van der Waals surface area contributed by atoms with Gasteiger partial charge in [0, 0.05) is 36.1 Å². The summed E-state index contributed by atoms with van der Waals surface area (Å²) in [5.74, 6) is -0.405. The highest BCUT2D eigenvalue weighted by Crippen LogP contribution is 2.19. The minimum absolute atomic E-state index is 0.0403. The van der Waals surface area contributed by atoms with Gasteiger partial charge in [-0.3, -0.25) is 9.59 Å². The van der Waals surface area contributed by atoms with Crippen LogP contribution >= 0.6 is 11.3 Å². The second-order valence-corrected chi connectivity index (χ2v) is 9.48. The summed E-state index contributed by atoms with van der Waals surface area (Å²) in [6.07, 6.45) is 1.95. The number of carbonyl (C=O) groups is 2. The normalized spacial score (nSPS) is 13.7. The van der Waals surface area contributed by atoms with Crippen molar-refractivity contribution in [2.45, 2.75) is 30.0 Å². The number of carbonyl (C=O) groups excluding carboxylic acids is 2. The summed E-state index contributed by atoms with van der Waals surface area (Å²) >= 11 is 0.608. The summed E-state index contributed by atoms with van der Waals surface area (Å²) in [6, 6.07) is 6.34. The fraction of sp³-hybridized carbons (Fsp3) is 0.353. The van der Waals surface area contributed by atoms with Gasteiger partial charge in [-0.1, -0.05) is 17.4 Å². The van der Waals surface area contributed by atoms with Crippen LogP contribution in [0.3, 0.4) is 0 Å². The van der Waals surface area contributed by atoms with Crippen LogP contribution < -0.4 is 25.5 Å². The van der Waals surface area contributed by atoms with E-state index in [-0.39, 0.29) is 35.1 Å². The van der Waals surface area contributed by atoms with Crippen LogP contribution in [0.15, 0.2) is 33.3 Å². The Morgan fingerprint density at radius 1 is 1.24 bits per heavy atom. The van der Waals surface area contributed by atoms with Gasteiger partial charge >= 0.3 is 10.9 Å². The molecule has 3 amide bonds. The van der Waals surface area contributed by atoms with E-state index in [4.69, 9.17) is 0 Å². The van der Waals surface area contributed by atoms with E-state index in [1.165, 1.54) is 13.0 Å². The number of sulfonamides is 1. The molecule has 0 aliphatic heterocycles. The molecule has 156 valence electrons. The topological polar surface area (TPSA) is 149 Å². The Labute approximate surface area is 171 Å². The maximum Gasteiger partial charge on any atom is 0.319 e. The standard InChI is InChI=1S/C17H21N5O5S2/c1-10-15(28-17(25)20-10)29(26,27)19-8-7-18-14(23)11-3-2-4-13(9-11)22-16(24)21-12-5-6-12/h2-4,9,12,19H,5-8H2,1H3,(H,18,23)(H,20,25)(H2,21,22,24). The molecule has 1 aromatic carbocycles. The third-order valence-electron chi connectivity index (χ3n) is 4.02. The lowest BCUT2D eigenvalue weighted by molar-refractivity contribution is 0.0954. The van der Waals surface area contributed by atoms with Crippen LogP contribution in [0, 0.1) is 6.92 Å². The molecule has 1 fully saturated rings. The first kappa shape index (κ1) is 21.0. The Balaban J connectivity index is 1.49. The molecule has 0 radical (unpaired) electrons. The fourth-order valence-corrected chi connectivity index (χ4v) is 4.87. The molecule has 0 bridgehead atoms. The van der Waals surface area contributed by atoms with E-state index in [0.29, 0.717) is 22.6 Å². The lowest BCUT2D eigenvalue weighted by Crippen LogP contribution is -2.34. The first-order chi connectivity index (χ1) is 13.7. The number of anilines is 1. The summed E-state index contributed by atoms with van der Waals surface area (Å²) in [5, 5.41) is 8.07. The average Bonchev–Trinajstić information content (AvgIpc) is 3.39. The predicted octanol–water partition coefficient (Wildman–Crippen LogP) is 0.737. The van der Waals surface area contributed by atoms with Crippen molar-refractivity contribution in [3.05, 3.63) is 45.2 Å². The molecule has 2 aromatic rings. The predicted molar refractivity (Wildman–Crippen MR) is 109 cm³/mol. The first-order valence-corrected chi connectivity index (χ1v) is 11.2. The highest BCUT2D eigenvalue weighted by atomic mass is 32.2. The Kier molecular flexibility index (Phi) is 6.35. The van der Waals surface area contributed by atoms with E-state index in [2.05, 4.69) is 25.7 Å². The second-order valence-electron chi connectivity index (χ2n) is 6.53. The number of H-pyrrole nitrogens is 1. The van der Waals surface area contributed by atoms with Crippen molar-refractivity contribution in [1.29, 1.82) is 0 Å². The lowest BCUT2D eigenvalue weighted by Gasteiger charge is -2.09. The molecule has 3 rings (SSSR count). The highest BCUT2D eigenvalue weighted by molar-refractivity contribution is 7.91. The van der Waals surface area contributed by atoms with E-state index >= 15 is 0 Å². The number of rotatable bonds is 8. The molecular formula is C17H21N5O5S2. The van der Waals surface area contributed by atoms with Crippen LogP contribution in [0.4, 0.5) is 10.5 Å². The van der Waals surface area contributed by atoms with Gasteiger partial charge in [0.25, 0.3) is 15.9 Å². The summed E-state index contributed by atoms with van der Waals surface area (Å²) in [4.78, 5) is 37.3. The van der Waals surface area contributed by atoms with Crippen LogP contribution in [0.25, 0.3) is 0 Å². The monoisotopic (exact) mass is 439 g/mol. The summed E-state index contributed by atoms with van der Waals surface area (Å²) in [5.41, 5.74) is 1.08. The molecule has 12 heteroatoms. The van der Waals surface area contributed by atoms with Crippen LogP contribution in [0.5, 0.6) is 0 Å². The third-order valence-corrected chi connectivity index (χ3v) is 7.09. The maximum atomic E-state index is 12.3. The zero-order valence-corrected chi connectivity index (χ0v) is 17.2. The molecular weight excluding hydrogens is 418 g/mol. The van der Waals surface area contributed by atoms with Crippen LogP contribution in [0.2, 0.25) is 0 Å². The molecule has 0 spiro atoms. The van der Waals surface area contributed by atoms with Gasteiger partial charge < -0.3 is 20.9 Å². The largest absolute Gasteiger partial charge is 0.351 e. The molecule has 0 unspecified atom stereocenters. The number of aryl methyl sites for hydroxylation is 1. The third kappa shape index (κ3) is 5.89. The van der Waals surface area contributed by atoms with E-state index in [1.807, 2.05) is 0 Å². The summed E-state index contributed by atoms with van der Waals surface area (Å²) in [7, 11) is -3.83. The van der Waals surface area contributed by atoms with Gasteiger partial charge in [-0.05, 0) is 38.0 Å². The zero-order valence-electron chi connectivity index (χ0n) is 15.6. The number of nitrogens with one attached hydrogen (secondary N) is 5.